The number of esters is 1. The molecule has 2 atom stereocenters. The Morgan fingerprint density at radius 3 is 1.85 bits per heavy atom. The third-order valence-corrected chi connectivity index (χ3v) is 6.00. The van der Waals surface area contributed by atoms with Crippen LogP contribution in [0.4, 0.5) is 0 Å². The van der Waals surface area contributed by atoms with E-state index in [1.54, 1.807) is 34.1 Å². The molecule has 2 aromatic rings. The fourth-order valence-electron chi connectivity index (χ4n) is 3.79. The Kier molecular flexibility index (Phi) is 8.90. The predicted molar refractivity (Wildman–Crippen MR) is 128 cm³/mol. The fourth-order valence-corrected chi connectivity index (χ4v) is 3.79. The molecule has 0 heterocycles. The summed E-state index contributed by atoms with van der Waals surface area (Å²) in [5, 5.41) is 20.0. The van der Waals surface area contributed by atoms with E-state index in [0.29, 0.717) is 30.1 Å². The summed E-state index contributed by atoms with van der Waals surface area (Å²) in [4.78, 5) is 12.7. The van der Waals surface area contributed by atoms with Crippen molar-refractivity contribution in [1.29, 1.82) is 0 Å². The van der Waals surface area contributed by atoms with Gasteiger partial charge in [-0.15, -0.1) is 0 Å². The van der Waals surface area contributed by atoms with Gasteiger partial charge in [-0.2, -0.15) is 0 Å². The Labute approximate surface area is 201 Å². The van der Waals surface area contributed by atoms with Gasteiger partial charge in [-0.3, -0.25) is 4.79 Å². The number of aromatic hydroxyl groups is 2. The number of phenolic OH excluding ortho intramolecular Hbond substituents is 2. The van der Waals surface area contributed by atoms with Gasteiger partial charge in [0.1, 0.15) is 5.60 Å². The first-order valence-electron chi connectivity index (χ1n) is 11.1. The van der Waals surface area contributed by atoms with Crippen molar-refractivity contribution in [3.63, 3.8) is 0 Å². The van der Waals surface area contributed by atoms with Crippen molar-refractivity contribution in [2.75, 3.05) is 28.4 Å². The average Bonchev–Trinajstić information content (AvgIpc) is 2.80. The molecule has 0 fully saturated rings. The number of phenols is 2. The summed E-state index contributed by atoms with van der Waals surface area (Å²) in [6.07, 6.45) is 0.834. The number of hydrogen-bond acceptors (Lipinski definition) is 8. The lowest BCUT2D eigenvalue weighted by atomic mass is 9.80. The van der Waals surface area contributed by atoms with Crippen LogP contribution in [0.3, 0.4) is 0 Å². The Hall–Kier alpha value is -3.29. The monoisotopic (exact) mass is 476 g/mol. The second-order valence-electron chi connectivity index (χ2n) is 8.87. The first-order chi connectivity index (χ1) is 16.0. The van der Waals surface area contributed by atoms with Crippen LogP contribution in [-0.2, 0) is 22.4 Å². The Morgan fingerprint density at radius 1 is 0.853 bits per heavy atom. The lowest BCUT2D eigenvalue weighted by Gasteiger charge is -2.36. The zero-order valence-electron chi connectivity index (χ0n) is 21.2. The minimum Gasteiger partial charge on any atom is -0.504 e. The molecule has 2 N–H and O–H groups in total. The van der Waals surface area contributed by atoms with E-state index in [0.717, 1.165) is 11.1 Å². The molecule has 2 rings (SSSR count). The van der Waals surface area contributed by atoms with Crippen molar-refractivity contribution >= 4 is 5.97 Å². The van der Waals surface area contributed by atoms with Crippen LogP contribution in [0.5, 0.6) is 34.5 Å². The normalized spacial score (nSPS) is 13.7. The molecular formula is C26H36O8. The predicted octanol–water partition coefficient (Wildman–Crippen LogP) is 4.51. The molecule has 8 heteroatoms. The molecule has 8 nitrogen and oxygen atoms in total. The molecule has 2 aromatic carbocycles. The average molecular weight is 477 g/mol. The molecule has 0 aliphatic heterocycles. The SMILES string of the molecule is COc1cc(C[C@H](C)[C@](C)(Cc2cc(OC)c(OC)c(OC)c2)OC(=O)C(C)C)cc(O)c1O. The van der Waals surface area contributed by atoms with Gasteiger partial charge < -0.3 is 33.9 Å². The van der Waals surface area contributed by atoms with Crippen LogP contribution in [-0.4, -0.2) is 50.2 Å². The molecule has 0 saturated carbocycles. The molecule has 0 unspecified atom stereocenters. The molecule has 0 aliphatic rings. The molecular weight excluding hydrogens is 440 g/mol. The highest BCUT2D eigenvalue weighted by molar-refractivity contribution is 5.72. The van der Waals surface area contributed by atoms with Crippen molar-refractivity contribution in [2.24, 2.45) is 11.8 Å². The van der Waals surface area contributed by atoms with Crippen molar-refractivity contribution in [3.05, 3.63) is 35.4 Å². The molecule has 0 saturated heterocycles. The van der Waals surface area contributed by atoms with Gasteiger partial charge in [-0.25, -0.2) is 0 Å². The van der Waals surface area contributed by atoms with Gasteiger partial charge >= 0.3 is 5.97 Å². The summed E-state index contributed by atoms with van der Waals surface area (Å²) in [6, 6.07) is 6.82. The highest BCUT2D eigenvalue weighted by Crippen LogP contribution is 2.41. The van der Waals surface area contributed by atoms with E-state index in [4.69, 9.17) is 23.7 Å². The summed E-state index contributed by atoms with van der Waals surface area (Å²) in [5.41, 5.74) is 0.662. The van der Waals surface area contributed by atoms with Crippen molar-refractivity contribution in [3.8, 4) is 34.5 Å². The molecule has 0 aromatic heterocycles. The minimum atomic E-state index is -0.910. The first-order valence-corrected chi connectivity index (χ1v) is 11.1. The maximum atomic E-state index is 12.7. The summed E-state index contributed by atoms with van der Waals surface area (Å²) < 4.78 is 27.6. The van der Waals surface area contributed by atoms with Gasteiger partial charge in [0.2, 0.25) is 11.5 Å². The van der Waals surface area contributed by atoms with Crippen LogP contribution in [0.2, 0.25) is 0 Å². The van der Waals surface area contributed by atoms with Crippen molar-refractivity contribution in [2.45, 2.75) is 46.1 Å². The largest absolute Gasteiger partial charge is 0.504 e. The number of rotatable bonds is 11. The lowest BCUT2D eigenvalue weighted by molar-refractivity contribution is -0.167. The second-order valence-corrected chi connectivity index (χ2v) is 8.87. The lowest BCUT2D eigenvalue weighted by Crippen LogP contribution is -2.42. The van der Waals surface area contributed by atoms with E-state index in [9.17, 15) is 15.0 Å². The molecule has 34 heavy (non-hydrogen) atoms. The maximum Gasteiger partial charge on any atom is 0.308 e. The van der Waals surface area contributed by atoms with Crippen LogP contribution in [0, 0.1) is 11.8 Å². The molecule has 0 amide bonds. The van der Waals surface area contributed by atoms with Gasteiger partial charge in [0.15, 0.2) is 23.0 Å². The summed E-state index contributed by atoms with van der Waals surface area (Å²) in [6.45, 7) is 7.44. The fraction of sp³-hybridized carbons (Fsp3) is 0.500. The Bertz CT molecular complexity index is 976. The molecule has 0 radical (unpaired) electrons. The highest BCUT2D eigenvalue weighted by atomic mass is 16.6. The van der Waals surface area contributed by atoms with Crippen LogP contribution in [0.1, 0.15) is 38.8 Å². The highest BCUT2D eigenvalue weighted by Gasteiger charge is 2.37. The number of benzene rings is 2. The van der Waals surface area contributed by atoms with E-state index in [1.165, 1.54) is 20.3 Å². The summed E-state index contributed by atoms with van der Waals surface area (Å²) >= 11 is 0. The zero-order valence-corrected chi connectivity index (χ0v) is 21.2. The molecule has 0 spiro atoms. The summed E-state index contributed by atoms with van der Waals surface area (Å²) in [7, 11) is 6.05. The Balaban J connectivity index is 2.47. The van der Waals surface area contributed by atoms with Gasteiger partial charge in [0, 0.05) is 12.3 Å². The van der Waals surface area contributed by atoms with Crippen LogP contribution >= 0.6 is 0 Å². The topological polar surface area (TPSA) is 104 Å². The van der Waals surface area contributed by atoms with Crippen LogP contribution < -0.4 is 18.9 Å². The Morgan fingerprint density at radius 2 is 1.38 bits per heavy atom. The number of carbonyl (C=O) groups excluding carboxylic acids is 1. The first kappa shape index (κ1) is 27.0. The van der Waals surface area contributed by atoms with Gasteiger partial charge in [0.25, 0.3) is 0 Å². The zero-order chi connectivity index (χ0) is 25.6. The van der Waals surface area contributed by atoms with Crippen molar-refractivity contribution < 1.29 is 38.7 Å². The van der Waals surface area contributed by atoms with E-state index in [1.807, 2.05) is 26.0 Å². The quantitative estimate of drug-likeness (QED) is 0.361. The van der Waals surface area contributed by atoms with Gasteiger partial charge in [-0.05, 0) is 48.7 Å². The van der Waals surface area contributed by atoms with E-state index >= 15 is 0 Å². The number of carbonyl (C=O) groups is 1. The molecule has 188 valence electrons. The second kappa shape index (κ2) is 11.2. The van der Waals surface area contributed by atoms with Crippen molar-refractivity contribution in [1.82, 2.24) is 0 Å². The third-order valence-electron chi connectivity index (χ3n) is 6.00. The number of methoxy groups -OCH3 is 4. The van der Waals surface area contributed by atoms with Crippen LogP contribution in [0.25, 0.3) is 0 Å². The number of ether oxygens (including phenoxy) is 5. The van der Waals surface area contributed by atoms with E-state index in [2.05, 4.69) is 0 Å². The standard InChI is InChI=1S/C26H36O8/c1-15(2)25(29)34-26(4,14-18-12-21(31-6)24(33-8)22(13-18)32-7)16(3)9-17-10-19(27)23(28)20(11-17)30-5/h10-13,15-16,27-28H,9,14H2,1-8H3/t16-,26-/m0/s1. The maximum absolute atomic E-state index is 12.7. The smallest absolute Gasteiger partial charge is 0.308 e. The minimum absolute atomic E-state index is 0.174. The van der Waals surface area contributed by atoms with Gasteiger partial charge in [-0.1, -0.05) is 20.8 Å². The van der Waals surface area contributed by atoms with E-state index < -0.39 is 5.60 Å². The molecule has 0 bridgehead atoms. The third kappa shape index (κ3) is 5.98. The summed E-state index contributed by atoms with van der Waals surface area (Å²) in [5.74, 6) is 0.296. The van der Waals surface area contributed by atoms with Crippen LogP contribution in [0.15, 0.2) is 24.3 Å². The van der Waals surface area contributed by atoms with E-state index in [-0.39, 0.29) is 35.1 Å². The number of hydrogen-bond donors (Lipinski definition) is 2. The molecule has 0 aliphatic carbocycles. The van der Waals surface area contributed by atoms with Gasteiger partial charge in [0.05, 0.1) is 34.4 Å².